The lowest BCUT2D eigenvalue weighted by molar-refractivity contribution is 0.598. The van der Waals surface area contributed by atoms with E-state index in [1.54, 1.807) is 6.92 Å². The number of fused-ring (bicyclic) bond motifs is 1. The van der Waals surface area contributed by atoms with Crippen molar-refractivity contribution in [3.8, 4) is 0 Å². The summed E-state index contributed by atoms with van der Waals surface area (Å²) in [4.78, 5) is 3.94. The Labute approximate surface area is 151 Å². The highest BCUT2D eigenvalue weighted by Gasteiger charge is 2.14. The van der Waals surface area contributed by atoms with Crippen LogP contribution in [0.25, 0.3) is 10.8 Å². The minimum absolute atomic E-state index is 0.0761. The molecule has 0 amide bonds. The second kappa shape index (κ2) is 6.97. The normalized spacial score (nSPS) is 12.1. The Morgan fingerprint density at radius 1 is 0.885 bits per heavy atom. The van der Waals surface area contributed by atoms with Crippen molar-refractivity contribution in [3.63, 3.8) is 0 Å². The standard InChI is InChI=1S/C19H18N4O2S/c1-13(15-7-6-14-4-2-3-5-16(14)12-15)23-26(24,25)18-10-8-17(9-11-18)22-19(20)21/h2-12H,1H3,(H4,20,21,22)/b23-13+. The molecule has 132 valence electrons. The van der Waals surface area contributed by atoms with Gasteiger partial charge in [0.15, 0.2) is 5.96 Å². The molecule has 3 rings (SSSR count). The third-order valence-corrected chi connectivity index (χ3v) is 5.20. The van der Waals surface area contributed by atoms with E-state index in [0.717, 1.165) is 16.3 Å². The molecule has 0 atom stereocenters. The van der Waals surface area contributed by atoms with E-state index in [1.165, 1.54) is 24.3 Å². The lowest BCUT2D eigenvalue weighted by Crippen LogP contribution is -2.21. The van der Waals surface area contributed by atoms with Crippen molar-refractivity contribution in [2.75, 3.05) is 0 Å². The minimum Gasteiger partial charge on any atom is -0.370 e. The molecular formula is C19H18N4O2S. The number of hydrogen-bond donors (Lipinski definition) is 2. The summed E-state index contributed by atoms with van der Waals surface area (Å²) in [5.74, 6) is -0.0919. The van der Waals surface area contributed by atoms with Gasteiger partial charge in [-0.25, -0.2) is 4.99 Å². The maximum Gasteiger partial charge on any atom is 0.282 e. The number of aliphatic imine (C=N–C) groups is 1. The van der Waals surface area contributed by atoms with Crippen molar-refractivity contribution >= 4 is 38.2 Å². The Morgan fingerprint density at radius 2 is 1.54 bits per heavy atom. The summed E-state index contributed by atoms with van der Waals surface area (Å²) < 4.78 is 29.0. The molecule has 4 N–H and O–H groups in total. The van der Waals surface area contributed by atoms with Gasteiger partial charge in [-0.2, -0.15) is 12.8 Å². The fourth-order valence-electron chi connectivity index (χ4n) is 2.54. The second-order valence-corrected chi connectivity index (χ2v) is 7.35. The molecule has 0 aliphatic carbocycles. The van der Waals surface area contributed by atoms with E-state index in [9.17, 15) is 8.42 Å². The smallest absolute Gasteiger partial charge is 0.282 e. The third-order valence-electron chi connectivity index (χ3n) is 3.82. The van der Waals surface area contributed by atoms with Crippen molar-refractivity contribution in [3.05, 3.63) is 72.3 Å². The maximum atomic E-state index is 12.5. The van der Waals surface area contributed by atoms with Gasteiger partial charge in [-0.05, 0) is 53.6 Å². The highest BCUT2D eigenvalue weighted by molar-refractivity contribution is 7.90. The molecule has 0 saturated heterocycles. The van der Waals surface area contributed by atoms with Crippen LogP contribution in [0.4, 0.5) is 5.69 Å². The summed E-state index contributed by atoms with van der Waals surface area (Å²) in [5.41, 5.74) is 12.3. The first-order valence-electron chi connectivity index (χ1n) is 7.85. The van der Waals surface area contributed by atoms with Crippen LogP contribution in [0.15, 0.2) is 81.0 Å². The zero-order valence-corrected chi connectivity index (χ0v) is 14.9. The van der Waals surface area contributed by atoms with Crippen molar-refractivity contribution in [1.29, 1.82) is 0 Å². The molecule has 0 saturated carbocycles. The van der Waals surface area contributed by atoms with Crippen LogP contribution >= 0.6 is 0 Å². The SMILES string of the molecule is C/C(=N\S(=O)(=O)c1ccc(N=C(N)N)cc1)c1ccc2ccccc2c1. The zero-order valence-electron chi connectivity index (χ0n) is 14.1. The van der Waals surface area contributed by atoms with Crippen LogP contribution in [-0.2, 0) is 10.0 Å². The Morgan fingerprint density at radius 3 is 2.19 bits per heavy atom. The fourth-order valence-corrected chi connectivity index (χ4v) is 3.59. The average molecular weight is 366 g/mol. The van der Waals surface area contributed by atoms with E-state index in [-0.39, 0.29) is 10.9 Å². The van der Waals surface area contributed by atoms with Crippen molar-refractivity contribution in [2.45, 2.75) is 11.8 Å². The van der Waals surface area contributed by atoms with Crippen LogP contribution in [0.2, 0.25) is 0 Å². The molecule has 3 aromatic carbocycles. The summed E-state index contributed by atoms with van der Waals surface area (Å²) in [6.07, 6.45) is 0. The summed E-state index contributed by atoms with van der Waals surface area (Å²) >= 11 is 0. The Hall–Kier alpha value is -3.19. The molecule has 0 heterocycles. The molecule has 7 heteroatoms. The van der Waals surface area contributed by atoms with Gasteiger partial charge >= 0.3 is 0 Å². The highest BCUT2D eigenvalue weighted by Crippen LogP contribution is 2.20. The van der Waals surface area contributed by atoms with Crippen LogP contribution in [0.5, 0.6) is 0 Å². The first-order chi connectivity index (χ1) is 12.3. The van der Waals surface area contributed by atoms with Gasteiger partial charge in [0, 0.05) is 0 Å². The lowest BCUT2D eigenvalue weighted by atomic mass is 10.1. The van der Waals surface area contributed by atoms with Crippen LogP contribution < -0.4 is 11.5 Å². The molecule has 0 aromatic heterocycles. The van der Waals surface area contributed by atoms with E-state index < -0.39 is 10.0 Å². The van der Waals surface area contributed by atoms with Crippen LogP contribution in [-0.4, -0.2) is 20.1 Å². The summed E-state index contributed by atoms with van der Waals surface area (Å²) in [5, 5.41) is 2.11. The van der Waals surface area contributed by atoms with Gasteiger partial charge in [-0.1, -0.05) is 36.4 Å². The van der Waals surface area contributed by atoms with Gasteiger partial charge in [-0.15, -0.1) is 0 Å². The topological polar surface area (TPSA) is 111 Å². The number of nitrogens with zero attached hydrogens (tertiary/aromatic N) is 2. The highest BCUT2D eigenvalue weighted by atomic mass is 32.2. The van der Waals surface area contributed by atoms with E-state index >= 15 is 0 Å². The molecule has 0 aliphatic rings. The van der Waals surface area contributed by atoms with Gasteiger partial charge in [-0.3, -0.25) is 0 Å². The molecule has 0 unspecified atom stereocenters. The summed E-state index contributed by atoms with van der Waals surface area (Å²) in [6.45, 7) is 1.68. The van der Waals surface area contributed by atoms with E-state index in [2.05, 4.69) is 9.39 Å². The van der Waals surface area contributed by atoms with Gasteiger partial charge in [0.2, 0.25) is 0 Å². The third kappa shape index (κ3) is 3.89. The largest absolute Gasteiger partial charge is 0.370 e. The van der Waals surface area contributed by atoms with Crippen molar-refractivity contribution in [1.82, 2.24) is 0 Å². The number of sulfonamides is 1. The predicted octanol–water partition coefficient (Wildman–Crippen LogP) is 2.94. The Kier molecular flexibility index (Phi) is 4.73. The fraction of sp³-hybridized carbons (Fsp3) is 0.0526. The first kappa shape index (κ1) is 17.6. The molecule has 0 fully saturated rings. The quantitative estimate of drug-likeness (QED) is 0.546. The predicted molar refractivity (Wildman–Crippen MR) is 105 cm³/mol. The molecule has 0 bridgehead atoms. The monoisotopic (exact) mass is 366 g/mol. The molecule has 26 heavy (non-hydrogen) atoms. The molecular weight excluding hydrogens is 348 g/mol. The summed E-state index contributed by atoms with van der Waals surface area (Å²) in [7, 11) is -3.83. The molecule has 0 aliphatic heterocycles. The number of benzene rings is 3. The van der Waals surface area contributed by atoms with Gasteiger partial charge in [0.25, 0.3) is 10.0 Å². The first-order valence-corrected chi connectivity index (χ1v) is 9.30. The van der Waals surface area contributed by atoms with Crippen LogP contribution in [0.3, 0.4) is 0 Å². The Bertz CT molecular complexity index is 1110. The molecule has 3 aromatic rings. The minimum atomic E-state index is -3.83. The number of hydrogen-bond acceptors (Lipinski definition) is 3. The number of guanidine groups is 1. The molecule has 0 radical (unpaired) electrons. The van der Waals surface area contributed by atoms with E-state index in [1.807, 2.05) is 42.5 Å². The lowest BCUT2D eigenvalue weighted by Gasteiger charge is -2.05. The van der Waals surface area contributed by atoms with Crippen molar-refractivity contribution in [2.24, 2.45) is 20.9 Å². The Balaban J connectivity index is 1.94. The summed E-state index contributed by atoms with van der Waals surface area (Å²) in [6, 6.07) is 19.5. The van der Waals surface area contributed by atoms with Crippen molar-refractivity contribution < 1.29 is 8.42 Å². The average Bonchev–Trinajstić information content (AvgIpc) is 2.61. The van der Waals surface area contributed by atoms with Gasteiger partial charge in [0.05, 0.1) is 16.3 Å². The van der Waals surface area contributed by atoms with Gasteiger partial charge < -0.3 is 11.5 Å². The maximum absolute atomic E-state index is 12.5. The number of nitrogens with two attached hydrogens (primary N) is 2. The second-order valence-electron chi connectivity index (χ2n) is 5.74. The van der Waals surface area contributed by atoms with E-state index in [0.29, 0.717) is 11.4 Å². The van der Waals surface area contributed by atoms with E-state index in [4.69, 9.17) is 11.5 Å². The van der Waals surface area contributed by atoms with Gasteiger partial charge in [0.1, 0.15) is 0 Å². The molecule has 0 spiro atoms. The number of rotatable bonds is 4. The molecule has 6 nitrogen and oxygen atoms in total. The van der Waals surface area contributed by atoms with Crippen LogP contribution in [0, 0.1) is 0 Å². The zero-order chi connectivity index (χ0) is 18.7. The van der Waals surface area contributed by atoms with Crippen LogP contribution in [0.1, 0.15) is 12.5 Å².